The normalized spacial score (nSPS) is 14.7. The summed E-state index contributed by atoms with van der Waals surface area (Å²) in [4.78, 5) is 34.0. The van der Waals surface area contributed by atoms with E-state index in [4.69, 9.17) is 4.74 Å². The van der Waals surface area contributed by atoms with Crippen LogP contribution in [0.3, 0.4) is 0 Å². The second-order valence-electron chi connectivity index (χ2n) is 6.69. The number of phosphoric ester groups is 1. The van der Waals surface area contributed by atoms with E-state index < -0.39 is 39.2 Å². The van der Waals surface area contributed by atoms with E-state index in [1.165, 1.54) is 6.92 Å². The number of hydrogen-bond acceptors (Lipinski definition) is 9. The van der Waals surface area contributed by atoms with Gasteiger partial charge in [-0.15, -0.1) is 0 Å². The zero-order valence-electron chi connectivity index (χ0n) is 16.1. The Morgan fingerprint density at radius 1 is 1.19 bits per heavy atom. The minimum atomic E-state index is -4.55. The van der Waals surface area contributed by atoms with Gasteiger partial charge in [-0.25, -0.2) is 9.59 Å². The first-order chi connectivity index (χ1) is 12.3. The number of carbonyl (C=O) groups excluding carboxylic acids is 2. The highest BCUT2D eigenvalue weighted by atomic mass is 31.2. The number of ether oxygens (including phenoxy) is 2. The Morgan fingerprint density at radius 2 is 1.81 bits per heavy atom. The highest BCUT2D eigenvalue weighted by Gasteiger charge is 2.16. The molecule has 0 aliphatic carbocycles. The van der Waals surface area contributed by atoms with Gasteiger partial charge in [-0.05, 0) is 6.92 Å². The predicted molar refractivity (Wildman–Crippen MR) is 93.5 cm³/mol. The van der Waals surface area contributed by atoms with E-state index in [-0.39, 0.29) is 25.3 Å². The number of phosphoric acid groups is 1. The molecule has 0 heterocycles. The maximum absolute atomic E-state index is 11.5. The minimum Gasteiger partial charge on any atom is -0.756 e. The molecule has 2 N–H and O–H groups in total. The molecule has 0 saturated heterocycles. The average Bonchev–Trinajstić information content (AvgIpc) is 2.53. The Balaban J connectivity index is 3.90. The smallest absolute Gasteiger partial charge is 0.407 e. The number of amides is 1. The van der Waals surface area contributed by atoms with Crippen molar-refractivity contribution in [3.63, 3.8) is 0 Å². The maximum Gasteiger partial charge on any atom is 0.407 e. The van der Waals surface area contributed by atoms with Gasteiger partial charge in [0.05, 0.1) is 34.3 Å². The molecule has 27 heavy (non-hydrogen) atoms. The molecular weight excluding hydrogens is 383 g/mol. The summed E-state index contributed by atoms with van der Waals surface area (Å²) in [7, 11) is 1.06. The fourth-order valence-electron chi connectivity index (χ4n) is 1.33. The molecule has 11 nitrogen and oxygen atoms in total. The molecule has 0 saturated carbocycles. The quantitative estimate of drug-likeness (QED) is 0.133. The largest absolute Gasteiger partial charge is 0.756 e. The summed E-state index contributed by atoms with van der Waals surface area (Å²) in [6, 6.07) is 0. The monoisotopic (exact) mass is 412 g/mol. The number of carbonyl (C=O) groups is 2. The van der Waals surface area contributed by atoms with Crippen LogP contribution in [0, 0.1) is 0 Å². The van der Waals surface area contributed by atoms with Gasteiger partial charge in [0.15, 0.2) is 0 Å². The highest BCUT2D eigenvalue weighted by Crippen LogP contribution is 2.38. The summed E-state index contributed by atoms with van der Waals surface area (Å²) >= 11 is 0. The lowest BCUT2D eigenvalue weighted by molar-refractivity contribution is -0.870. The summed E-state index contributed by atoms with van der Waals surface area (Å²) in [6.07, 6.45) is -2.23. The molecule has 0 radical (unpaired) electrons. The summed E-state index contributed by atoms with van der Waals surface area (Å²) in [5.41, 5.74) is 0.234. The molecule has 2 atom stereocenters. The van der Waals surface area contributed by atoms with Gasteiger partial charge in [0, 0.05) is 5.57 Å². The first-order valence-corrected chi connectivity index (χ1v) is 9.60. The van der Waals surface area contributed by atoms with Gasteiger partial charge >= 0.3 is 12.1 Å². The van der Waals surface area contributed by atoms with Crippen LogP contribution < -0.4 is 10.2 Å². The second-order valence-corrected chi connectivity index (χ2v) is 8.10. The number of nitrogens with zero attached hydrogens (tertiary/aromatic N) is 1. The van der Waals surface area contributed by atoms with E-state index in [0.717, 1.165) is 0 Å². The van der Waals surface area contributed by atoms with Crippen molar-refractivity contribution in [1.82, 2.24) is 5.32 Å². The summed E-state index contributed by atoms with van der Waals surface area (Å²) in [5, 5.41) is 11.9. The molecule has 0 aromatic carbocycles. The Kier molecular flexibility index (Phi) is 11.4. The third kappa shape index (κ3) is 15.3. The lowest BCUT2D eigenvalue weighted by Crippen LogP contribution is -2.37. The van der Waals surface area contributed by atoms with Gasteiger partial charge in [0.2, 0.25) is 0 Å². The standard InChI is InChI=1S/C15H29N2O9P/c1-12(2)14(19)23-8-6-16-15(20)24-10-13(18)11-26-27(21,22)25-9-7-17(3,4)5/h13,18H,1,6-11H2,2-5H3,(H-,16,20,21,22)/t13-/m1/s1. The molecule has 1 amide bonds. The van der Waals surface area contributed by atoms with Crippen molar-refractivity contribution in [2.45, 2.75) is 13.0 Å². The molecule has 0 fully saturated rings. The molecule has 1 unspecified atom stereocenters. The molecule has 0 rings (SSSR count). The van der Waals surface area contributed by atoms with E-state index in [9.17, 15) is 24.2 Å². The predicted octanol–water partition coefficient (Wildman–Crippen LogP) is -0.599. The number of hydrogen-bond donors (Lipinski definition) is 2. The first kappa shape index (κ1) is 25.5. The molecule has 0 spiro atoms. The van der Waals surface area contributed by atoms with Gasteiger partial charge < -0.3 is 38.3 Å². The van der Waals surface area contributed by atoms with E-state index in [1.807, 2.05) is 21.1 Å². The molecule has 0 aromatic heterocycles. The van der Waals surface area contributed by atoms with Crippen molar-refractivity contribution in [1.29, 1.82) is 0 Å². The van der Waals surface area contributed by atoms with Crippen molar-refractivity contribution in [3.8, 4) is 0 Å². The number of likely N-dealkylation sites (N-methyl/N-ethyl adjacent to an activating group) is 1. The van der Waals surface area contributed by atoms with Crippen molar-refractivity contribution >= 4 is 19.9 Å². The van der Waals surface area contributed by atoms with E-state index in [2.05, 4.69) is 25.7 Å². The van der Waals surface area contributed by atoms with Crippen molar-refractivity contribution in [2.24, 2.45) is 0 Å². The summed E-state index contributed by atoms with van der Waals surface area (Å²) in [5.74, 6) is -0.580. The van der Waals surface area contributed by atoms with Crippen LogP contribution >= 0.6 is 7.82 Å². The van der Waals surface area contributed by atoms with E-state index in [0.29, 0.717) is 11.0 Å². The lowest BCUT2D eigenvalue weighted by atomic mass is 10.4. The fourth-order valence-corrected chi connectivity index (χ4v) is 2.07. The Labute approximate surface area is 159 Å². The van der Waals surface area contributed by atoms with E-state index >= 15 is 0 Å². The van der Waals surface area contributed by atoms with Crippen LogP contribution in [0.25, 0.3) is 0 Å². The fraction of sp³-hybridized carbons (Fsp3) is 0.733. The van der Waals surface area contributed by atoms with Gasteiger partial charge in [-0.3, -0.25) is 4.57 Å². The summed E-state index contributed by atoms with van der Waals surface area (Å²) < 4.78 is 30.7. The van der Waals surface area contributed by atoms with Crippen LogP contribution in [0.1, 0.15) is 6.92 Å². The number of alkyl carbamates (subject to hydrolysis) is 1. The Morgan fingerprint density at radius 3 is 2.37 bits per heavy atom. The third-order valence-electron chi connectivity index (χ3n) is 2.80. The third-order valence-corrected chi connectivity index (χ3v) is 3.76. The molecule has 0 bridgehead atoms. The van der Waals surface area contributed by atoms with E-state index in [1.54, 1.807) is 0 Å². The van der Waals surface area contributed by atoms with Crippen LogP contribution in [0.2, 0.25) is 0 Å². The van der Waals surface area contributed by atoms with Gasteiger partial charge in [-0.1, -0.05) is 6.58 Å². The number of nitrogens with one attached hydrogen (secondary N) is 1. The minimum absolute atomic E-state index is 0.000334. The molecule has 12 heteroatoms. The maximum atomic E-state index is 11.5. The second kappa shape index (κ2) is 12.1. The molecule has 0 aliphatic rings. The zero-order chi connectivity index (χ0) is 21.1. The van der Waals surface area contributed by atoms with Crippen LogP contribution in [0.4, 0.5) is 4.79 Å². The molecular formula is C15H29N2O9P. The SMILES string of the molecule is C=C(C)C(=O)OCCNC(=O)OC[C@@H](O)COP(=O)([O-])OCC[N+](C)(C)C. The van der Waals surface area contributed by atoms with Crippen LogP contribution in [0.15, 0.2) is 12.2 Å². The van der Waals surface area contributed by atoms with Gasteiger partial charge in [0.25, 0.3) is 7.82 Å². The first-order valence-electron chi connectivity index (χ1n) is 8.14. The zero-order valence-corrected chi connectivity index (χ0v) is 17.0. The number of quaternary nitrogens is 1. The van der Waals surface area contributed by atoms with Gasteiger partial charge in [0.1, 0.15) is 32.5 Å². The topological polar surface area (TPSA) is 143 Å². The molecule has 0 aliphatic heterocycles. The molecule has 0 aromatic rings. The number of rotatable bonds is 13. The van der Waals surface area contributed by atoms with Crippen LogP contribution in [-0.4, -0.2) is 88.4 Å². The lowest BCUT2D eigenvalue weighted by Gasteiger charge is -2.27. The van der Waals surface area contributed by atoms with Crippen LogP contribution in [0.5, 0.6) is 0 Å². The van der Waals surface area contributed by atoms with Crippen LogP contribution in [-0.2, 0) is 27.9 Å². The Bertz CT molecular complexity index is 548. The average molecular weight is 412 g/mol. The van der Waals surface area contributed by atoms with Crippen molar-refractivity contribution in [2.75, 3.05) is 60.7 Å². The number of esters is 1. The van der Waals surface area contributed by atoms with Crippen molar-refractivity contribution in [3.05, 3.63) is 12.2 Å². The molecule has 158 valence electrons. The van der Waals surface area contributed by atoms with Crippen molar-refractivity contribution < 1.29 is 47.2 Å². The van der Waals surface area contributed by atoms with Gasteiger partial charge in [-0.2, -0.15) is 0 Å². The number of aliphatic hydroxyl groups excluding tert-OH is 1. The number of aliphatic hydroxyl groups is 1. The highest BCUT2D eigenvalue weighted by molar-refractivity contribution is 7.45. The summed E-state index contributed by atoms with van der Waals surface area (Å²) in [6.45, 7) is 4.10. The Hall–Kier alpha value is -1.49.